The number of amides is 2. The summed E-state index contributed by atoms with van der Waals surface area (Å²) in [5, 5.41) is 9.71. The van der Waals surface area contributed by atoms with Gasteiger partial charge in [0.05, 0.1) is 37.8 Å². The van der Waals surface area contributed by atoms with Gasteiger partial charge in [0.2, 0.25) is 11.8 Å². The molecule has 1 aromatic heterocycles. The van der Waals surface area contributed by atoms with Crippen molar-refractivity contribution in [1.82, 2.24) is 4.98 Å². The van der Waals surface area contributed by atoms with Crippen LogP contribution in [0.15, 0.2) is 70.4 Å². The highest BCUT2D eigenvalue weighted by molar-refractivity contribution is 8.01. The summed E-state index contributed by atoms with van der Waals surface area (Å²) in [7, 11) is 3.10. The van der Waals surface area contributed by atoms with Crippen molar-refractivity contribution in [2.75, 3.05) is 30.6 Å². The van der Waals surface area contributed by atoms with Gasteiger partial charge in [0.25, 0.3) is 0 Å². The van der Waals surface area contributed by atoms with E-state index in [0.29, 0.717) is 22.9 Å². The second-order valence-corrected chi connectivity index (χ2v) is 9.34. The molecule has 174 valence electrons. The molecule has 2 N–H and O–H groups in total. The normalized spacial score (nSPS) is 10.6. The van der Waals surface area contributed by atoms with Crippen LogP contribution in [0.3, 0.4) is 0 Å². The Balaban J connectivity index is 1.31. The smallest absolute Gasteiger partial charge is 0.234 e. The Morgan fingerprint density at radius 3 is 2.56 bits per heavy atom. The molecule has 34 heavy (non-hydrogen) atoms. The molecule has 9 heteroatoms. The number of carbonyl (C=O) groups is 2. The summed E-state index contributed by atoms with van der Waals surface area (Å²) in [6.07, 6.45) is 0.111. The zero-order valence-electron chi connectivity index (χ0n) is 18.7. The van der Waals surface area contributed by atoms with E-state index in [4.69, 9.17) is 9.47 Å². The maximum Gasteiger partial charge on any atom is 0.234 e. The summed E-state index contributed by atoms with van der Waals surface area (Å²) in [4.78, 5) is 29.5. The Morgan fingerprint density at radius 1 is 0.941 bits per heavy atom. The monoisotopic (exact) mass is 493 g/mol. The molecular weight excluding hydrogens is 470 g/mol. The number of fused-ring (bicyclic) bond motifs is 1. The van der Waals surface area contributed by atoms with Gasteiger partial charge in [-0.1, -0.05) is 48.2 Å². The summed E-state index contributed by atoms with van der Waals surface area (Å²) < 4.78 is 11.2. The van der Waals surface area contributed by atoms with Gasteiger partial charge >= 0.3 is 0 Å². The van der Waals surface area contributed by atoms with Gasteiger partial charge < -0.3 is 20.1 Å². The van der Waals surface area contributed by atoms with Crippen LogP contribution in [-0.4, -0.2) is 36.8 Å². The highest BCUT2D eigenvalue weighted by Gasteiger charge is 2.13. The van der Waals surface area contributed by atoms with E-state index < -0.39 is 0 Å². The molecular formula is C25H23N3O4S2. The zero-order chi connectivity index (χ0) is 23.9. The summed E-state index contributed by atoms with van der Waals surface area (Å²) >= 11 is 2.75. The first-order chi connectivity index (χ1) is 16.6. The van der Waals surface area contributed by atoms with E-state index in [9.17, 15) is 9.59 Å². The minimum Gasteiger partial charge on any atom is -0.497 e. The molecule has 2 amide bonds. The topological polar surface area (TPSA) is 89.5 Å². The molecule has 3 aromatic carbocycles. The molecule has 0 saturated heterocycles. The lowest BCUT2D eigenvalue weighted by molar-refractivity contribution is -0.116. The molecule has 0 aliphatic rings. The number of benzene rings is 3. The minimum atomic E-state index is -0.220. The average Bonchev–Trinajstić information content (AvgIpc) is 3.30. The van der Waals surface area contributed by atoms with Gasteiger partial charge in [-0.15, -0.1) is 11.3 Å². The van der Waals surface area contributed by atoms with Crippen molar-refractivity contribution < 1.29 is 19.1 Å². The van der Waals surface area contributed by atoms with Crippen LogP contribution < -0.4 is 20.1 Å². The van der Waals surface area contributed by atoms with E-state index in [1.807, 2.05) is 47.8 Å². The number of carbonyl (C=O) groups excluding carboxylic acids is 2. The van der Waals surface area contributed by atoms with E-state index in [2.05, 4.69) is 15.6 Å². The van der Waals surface area contributed by atoms with Crippen LogP contribution in [0.4, 0.5) is 11.4 Å². The first kappa shape index (κ1) is 23.6. The lowest BCUT2D eigenvalue weighted by atomic mass is 10.1. The summed E-state index contributed by atoms with van der Waals surface area (Å²) in [5.74, 6) is 1.05. The Morgan fingerprint density at radius 2 is 1.74 bits per heavy atom. The number of thioether (sulfide) groups is 1. The summed E-state index contributed by atoms with van der Waals surface area (Å²) in [6.45, 7) is 0. The molecule has 0 atom stereocenters. The van der Waals surface area contributed by atoms with E-state index in [0.717, 1.165) is 20.8 Å². The number of methoxy groups -OCH3 is 2. The molecule has 1 heterocycles. The van der Waals surface area contributed by atoms with Gasteiger partial charge in [0.1, 0.15) is 11.5 Å². The third-order valence-corrected chi connectivity index (χ3v) is 7.01. The van der Waals surface area contributed by atoms with Crippen molar-refractivity contribution in [3.63, 3.8) is 0 Å². The van der Waals surface area contributed by atoms with Crippen LogP contribution in [0.5, 0.6) is 11.5 Å². The molecule has 4 aromatic rings. The van der Waals surface area contributed by atoms with Crippen molar-refractivity contribution >= 4 is 57.1 Å². The maximum absolute atomic E-state index is 12.5. The first-order valence-electron chi connectivity index (χ1n) is 10.4. The van der Waals surface area contributed by atoms with Crippen LogP contribution >= 0.6 is 23.1 Å². The number of hydrogen-bond acceptors (Lipinski definition) is 7. The fourth-order valence-electron chi connectivity index (χ4n) is 3.35. The number of hydrogen-bond donors (Lipinski definition) is 2. The maximum atomic E-state index is 12.5. The Bertz CT molecular complexity index is 1320. The second-order valence-electron chi connectivity index (χ2n) is 7.26. The fourth-order valence-corrected chi connectivity index (χ4v) is 5.00. The average molecular weight is 494 g/mol. The van der Waals surface area contributed by atoms with Gasteiger partial charge in [-0.05, 0) is 23.6 Å². The molecule has 0 radical (unpaired) electrons. The zero-order valence-corrected chi connectivity index (χ0v) is 20.3. The number of nitrogens with one attached hydrogen (secondary N) is 2. The number of anilines is 2. The molecule has 0 unspecified atom stereocenters. The third-order valence-electron chi connectivity index (χ3n) is 4.94. The third kappa shape index (κ3) is 5.86. The van der Waals surface area contributed by atoms with E-state index in [-0.39, 0.29) is 24.0 Å². The van der Waals surface area contributed by atoms with Crippen molar-refractivity contribution in [1.29, 1.82) is 0 Å². The van der Waals surface area contributed by atoms with E-state index >= 15 is 0 Å². The van der Waals surface area contributed by atoms with E-state index in [1.165, 1.54) is 30.2 Å². The SMILES string of the molecule is COc1ccc(OC)c(NC(=O)Cc2csc(SCC(=O)Nc3cccc4ccccc34)n2)c1. The number of aromatic nitrogens is 1. The minimum absolute atomic E-state index is 0.110. The molecule has 0 spiro atoms. The molecule has 7 nitrogen and oxygen atoms in total. The quantitative estimate of drug-likeness (QED) is 0.311. The van der Waals surface area contributed by atoms with Crippen molar-refractivity contribution in [3.05, 3.63) is 71.7 Å². The fraction of sp³-hybridized carbons (Fsp3) is 0.160. The second kappa shape index (κ2) is 11.0. The largest absolute Gasteiger partial charge is 0.497 e. The number of nitrogens with zero attached hydrogens (tertiary/aromatic N) is 1. The standard InChI is InChI=1S/C25H23N3O4S2/c1-31-18-10-11-22(32-2)21(13-18)28-23(29)12-17-14-33-25(26-17)34-15-24(30)27-20-9-5-7-16-6-3-4-8-19(16)20/h3-11,13-14H,12,15H2,1-2H3,(H,27,30)(H,28,29). The Hall–Kier alpha value is -3.56. The molecule has 0 bridgehead atoms. The summed E-state index contributed by atoms with van der Waals surface area (Å²) in [6, 6.07) is 18.9. The number of thiazole rings is 1. The highest BCUT2D eigenvalue weighted by atomic mass is 32.2. The summed E-state index contributed by atoms with van der Waals surface area (Å²) in [5.41, 5.74) is 1.95. The van der Waals surface area contributed by atoms with Crippen molar-refractivity contribution in [2.45, 2.75) is 10.8 Å². The highest BCUT2D eigenvalue weighted by Crippen LogP contribution is 2.29. The van der Waals surface area contributed by atoms with Crippen LogP contribution in [0.1, 0.15) is 5.69 Å². The van der Waals surface area contributed by atoms with Gasteiger partial charge in [0, 0.05) is 22.5 Å². The predicted octanol–water partition coefficient (Wildman–Crippen LogP) is 5.23. The first-order valence-corrected chi connectivity index (χ1v) is 12.3. The molecule has 0 saturated carbocycles. The molecule has 0 aliphatic carbocycles. The van der Waals surface area contributed by atoms with Crippen LogP contribution in [0, 0.1) is 0 Å². The lowest BCUT2D eigenvalue weighted by Crippen LogP contribution is -2.15. The van der Waals surface area contributed by atoms with E-state index in [1.54, 1.807) is 25.3 Å². The molecule has 0 aliphatic heterocycles. The van der Waals surface area contributed by atoms with Gasteiger partial charge in [0.15, 0.2) is 4.34 Å². The van der Waals surface area contributed by atoms with Crippen LogP contribution in [-0.2, 0) is 16.0 Å². The number of ether oxygens (including phenoxy) is 2. The van der Waals surface area contributed by atoms with Crippen molar-refractivity contribution in [3.8, 4) is 11.5 Å². The van der Waals surface area contributed by atoms with Gasteiger partial charge in [-0.3, -0.25) is 9.59 Å². The van der Waals surface area contributed by atoms with Crippen molar-refractivity contribution in [2.24, 2.45) is 0 Å². The van der Waals surface area contributed by atoms with Gasteiger partial charge in [-0.25, -0.2) is 4.98 Å². The predicted molar refractivity (Wildman–Crippen MR) is 137 cm³/mol. The van der Waals surface area contributed by atoms with Gasteiger partial charge in [-0.2, -0.15) is 0 Å². The van der Waals surface area contributed by atoms with Crippen LogP contribution in [0.25, 0.3) is 10.8 Å². The Labute approximate surface area is 205 Å². The number of rotatable bonds is 9. The Kier molecular flexibility index (Phi) is 7.66. The lowest BCUT2D eigenvalue weighted by Gasteiger charge is -2.11. The van der Waals surface area contributed by atoms with Crippen LogP contribution in [0.2, 0.25) is 0 Å². The molecule has 4 rings (SSSR count). The molecule has 0 fully saturated rings.